The summed E-state index contributed by atoms with van der Waals surface area (Å²) < 4.78 is 0. The van der Waals surface area contributed by atoms with Crippen LogP contribution in [0.4, 0.5) is 0 Å². The topological polar surface area (TPSA) is 36.4 Å². The monoisotopic (exact) mass is 327 g/mol. The molecular formula is C19H25N3S. The second-order valence-electron chi connectivity index (χ2n) is 6.35. The van der Waals surface area contributed by atoms with E-state index in [9.17, 15) is 0 Å². The molecule has 1 saturated carbocycles. The zero-order valence-corrected chi connectivity index (χ0v) is 14.6. The van der Waals surface area contributed by atoms with Gasteiger partial charge in [-0.3, -0.25) is 4.99 Å². The second kappa shape index (κ2) is 7.64. The highest BCUT2D eigenvalue weighted by molar-refractivity contribution is 7.09. The molecule has 3 atom stereocenters. The van der Waals surface area contributed by atoms with Crippen molar-refractivity contribution in [3.8, 4) is 0 Å². The molecule has 1 aromatic carbocycles. The lowest BCUT2D eigenvalue weighted by Crippen LogP contribution is -2.41. The molecule has 1 fully saturated rings. The first-order valence-electron chi connectivity index (χ1n) is 8.30. The standard InChI is InChI=1S/C19H25N3S/c1-14(11-16-9-6-10-23-16)13-21-19(20-2)22-18-12-17(18)15-7-4-3-5-8-15/h3-10,14,17-18H,11-13H2,1-2H3,(H2,20,21,22). The Balaban J connectivity index is 1.42. The highest BCUT2D eigenvalue weighted by atomic mass is 32.1. The normalized spacial score (nSPS) is 21.7. The summed E-state index contributed by atoms with van der Waals surface area (Å²) in [5.74, 6) is 2.14. The quantitative estimate of drug-likeness (QED) is 0.628. The Hall–Kier alpha value is -1.81. The van der Waals surface area contributed by atoms with Crippen LogP contribution < -0.4 is 10.6 Å². The van der Waals surface area contributed by atoms with Crippen LogP contribution in [0.1, 0.15) is 29.7 Å². The number of aliphatic imine (C=N–C) groups is 1. The van der Waals surface area contributed by atoms with E-state index in [1.165, 1.54) is 16.9 Å². The molecule has 122 valence electrons. The molecule has 23 heavy (non-hydrogen) atoms. The third-order valence-corrected chi connectivity index (χ3v) is 5.21. The van der Waals surface area contributed by atoms with Crippen molar-refractivity contribution >= 4 is 17.3 Å². The molecule has 1 aromatic heterocycles. The van der Waals surface area contributed by atoms with Gasteiger partial charge in [-0.15, -0.1) is 11.3 Å². The number of rotatable bonds is 6. The molecule has 0 saturated heterocycles. The van der Waals surface area contributed by atoms with E-state index in [0.29, 0.717) is 17.9 Å². The molecule has 0 bridgehead atoms. The van der Waals surface area contributed by atoms with E-state index in [0.717, 1.165) is 18.9 Å². The van der Waals surface area contributed by atoms with Crippen LogP contribution >= 0.6 is 11.3 Å². The largest absolute Gasteiger partial charge is 0.356 e. The number of hydrogen-bond donors (Lipinski definition) is 2. The van der Waals surface area contributed by atoms with Gasteiger partial charge in [0.05, 0.1) is 0 Å². The Morgan fingerprint density at radius 2 is 2.09 bits per heavy atom. The molecule has 2 N–H and O–H groups in total. The lowest BCUT2D eigenvalue weighted by Gasteiger charge is -2.15. The summed E-state index contributed by atoms with van der Waals surface area (Å²) in [7, 11) is 1.85. The Labute approximate surface area is 142 Å². The summed E-state index contributed by atoms with van der Waals surface area (Å²) in [6.45, 7) is 3.23. The van der Waals surface area contributed by atoms with E-state index >= 15 is 0 Å². The lowest BCUT2D eigenvalue weighted by atomic mass is 10.1. The average Bonchev–Trinajstić information content (AvgIpc) is 3.16. The molecule has 0 spiro atoms. The molecule has 3 nitrogen and oxygen atoms in total. The van der Waals surface area contributed by atoms with E-state index in [1.807, 2.05) is 18.4 Å². The van der Waals surface area contributed by atoms with Crippen LogP contribution in [0.5, 0.6) is 0 Å². The van der Waals surface area contributed by atoms with Crippen LogP contribution in [0.15, 0.2) is 52.8 Å². The highest BCUT2D eigenvalue weighted by Crippen LogP contribution is 2.40. The van der Waals surface area contributed by atoms with Gasteiger partial charge in [0.15, 0.2) is 5.96 Å². The minimum atomic E-state index is 0.510. The molecule has 0 aliphatic heterocycles. The van der Waals surface area contributed by atoms with Crippen molar-refractivity contribution in [1.82, 2.24) is 10.6 Å². The van der Waals surface area contributed by atoms with Crippen LogP contribution in [-0.4, -0.2) is 25.6 Å². The number of guanidine groups is 1. The van der Waals surface area contributed by atoms with Gasteiger partial charge in [-0.05, 0) is 35.8 Å². The van der Waals surface area contributed by atoms with Gasteiger partial charge >= 0.3 is 0 Å². The molecule has 1 heterocycles. The van der Waals surface area contributed by atoms with Crippen molar-refractivity contribution < 1.29 is 0 Å². The van der Waals surface area contributed by atoms with Crippen LogP contribution in [0, 0.1) is 5.92 Å². The predicted octanol–water partition coefficient (Wildman–Crippen LogP) is 3.65. The highest BCUT2D eigenvalue weighted by Gasteiger charge is 2.38. The van der Waals surface area contributed by atoms with Crippen molar-refractivity contribution in [1.29, 1.82) is 0 Å². The van der Waals surface area contributed by atoms with Crippen molar-refractivity contribution in [2.45, 2.75) is 31.7 Å². The van der Waals surface area contributed by atoms with Gasteiger partial charge in [0.1, 0.15) is 0 Å². The maximum atomic E-state index is 4.36. The van der Waals surface area contributed by atoms with Gasteiger partial charge in [0.25, 0.3) is 0 Å². The van der Waals surface area contributed by atoms with Crippen LogP contribution in [0.2, 0.25) is 0 Å². The fraction of sp³-hybridized carbons (Fsp3) is 0.421. The van der Waals surface area contributed by atoms with Gasteiger partial charge in [-0.25, -0.2) is 0 Å². The summed E-state index contributed by atoms with van der Waals surface area (Å²) in [4.78, 5) is 5.81. The second-order valence-corrected chi connectivity index (χ2v) is 7.38. The number of thiophene rings is 1. The first-order valence-corrected chi connectivity index (χ1v) is 9.18. The maximum absolute atomic E-state index is 4.36. The summed E-state index contributed by atoms with van der Waals surface area (Å²) in [6.07, 6.45) is 2.31. The zero-order chi connectivity index (χ0) is 16.1. The van der Waals surface area contributed by atoms with Crippen molar-refractivity contribution in [3.63, 3.8) is 0 Å². The number of hydrogen-bond acceptors (Lipinski definition) is 2. The number of nitrogens with one attached hydrogen (secondary N) is 2. The van der Waals surface area contributed by atoms with Crippen LogP contribution in [-0.2, 0) is 6.42 Å². The molecule has 2 aromatic rings. The molecule has 0 amide bonds. The van der Waals surface area contributed by atoms with Crippen molar-refractivity contribution in [3.05, 3.63) is 58.3 Å². The average molecular weight is 327 g/mol. The van der Waals surface area contributed by atoms with Crippen LogP contribution in [0.3, 0.4) is 0 Å². The molecule has 0 radical (unpaired) electrons. The zero-order valence-electron chi connectivity index (χ0n) is 13.8. The molecule has 1 aliphatic carbocycles. The van der Waals surface area contributed by atoms with E-state index in [4.69, 9.17) is 0 Å². The molecule has 3 rings (SSSR count). The Kier molecular flexibility index (Phi) is 5.34. The van der Waals surface area contributed by atoms with E-state index in [2.05, 4.69) is 70.4 Å². The fourth-order valence-corrected chi connectivity index (χ4v) is 3.78. The van der Waals surface area contributed by atoms with Gasteiger partial charge in [0, 0.05) is 30.4 Å². The smallest absolute Gasteiger partial charge is 0.191 e. The Morgan fingerprint density at radius 3 is 2.78 bits per heavy atom. The summed E-state index contributed by atoms with van der Waals surface area (Å²) in [5.41, 5.74) is 1.42. The maximum Gasteiger partial charge on any atom is 0.191 e. The molecule has 4 heteroatoms. The molecule has 3 unspecified atom stereocenters. The van der Waals surface area contributed by atoms with Crippen molar-refractivity contribution in [2.24, 2.45) is 10.9 Å². The van der Waals surface area contributed by atoms with E-state index < -0.39 is 0 Å². The summed E-state index contributed by atoms with van der Waals surface area (Å²) >= 11 is 1.84. The van der Waals surface area contributed by atoms with Crippen molar-refractivity contribution in [2.75, 3.05) is 13.6 Å². The fourth-order valence-electron chi connectivity index (χ4n) is 2.91. The third kappa shape index (κ3) is 4.58. The van der Waals surface area contributed by atoms with Crippen LogP contribution in [0.25, 0.3) is 0 Å². The minimum absolute atomic E-state index is 0.510. The Bertz CT molecular complexity index is 621. The number of nitrogens with zero attached hydrogens (tertiary/aromatic N) is 1. The van der Waals surface area contributed by atoms with Gasteiger partial charge in [-0.2, -0.15) is 0 Å². The van der Waals surface area contributed by atoms with Gasteiger partial charge < -0.3 is 10.6 Å². The molecular weight excluding hydrogens is 302 g/mol. The van der Waals surface area contributed by atoms with E-state index in [1.54, 1.807) is 0 Å². The van der Waals surface area contributed by atoms with E-state index in [-0.39, 0.29) is 0 Å². The third-order valence-electron chi connectivity index (χ3n) is 4.31. The summed E-state index contributed by atoms with van der Waals surface area (Å²) in [5, 5.41) is 9.16. The Morgan fingerprint density at radius 1 is 1.26 bits per heavy atom. The lowest BCUT2D eigenvalue weighted by molar-refractivity contribution is 0.561. The van der Waals surface area contributed by atoms with Gasteiger partial charge in [0.2, 0.25) is 0 Å². The first kappa shape index (κ1) is 16.1. The van der Waals surface area contributed by atoms with Gasteiger partial charge in [-0.1, -0.05) is 43.3 Å². The SMILES string of the molecule is CN=C(NCC(C)Cc1cccs1)NC1CC1c1ccccc1. The first-order chi connectivity index (χ1) is 11.3. The number of benzene rings is 1. The predicted molar refractivity (Wildman–Crippen MR) is 99.3 cm³/mol. The molecule has 1 aliphatic rings. The minimum Gasteiger partial charge on any atom is -0.356 e. The summed E-state index contributed by atoms with van der Waals surface area (Å²) in [6, 6.07) is 15.6.